The minimum atomic E-state index is 0.296. The highest BCUT2D eigenvalue weighted by molar-refractivity contribution is 7.99. The van der Waals surface area contributed by atoms with Gasteiger partial charge in [0.15, 0.2) is 0 Å². The molecular weight excluding hydrogens is 280 g/mol. The van der Waals surface area contributed by atoms with Crippen LogP contribution in [0.5, 0.6) is 0 Å². The van der Waals surface area contributed by atoms with Gasteiger partial charge in [0.25, 0.3) is 0 Å². The van der Waals surface area contributed by atoms with E-state index in [0.29, 0.717) is 24.8 Å². The Kier molecular flexibility index (Phi) is 4.55. The van der Waals surface area contributed by atoms with Gasteiger partial charge in [0.05, 0.1) is 0 Å². The fourth-order valence-corrected chi connectivity index (χ4v) is 4.22. The third-order valence-electron chi connectivity index (χ3n) is 4.55. The molecule has 21 heavy (non-hydrogen) atoms. The molecule has 4 heteroatoms. The van der Waals surface area contributed by atoms with Crippen molar-refractivity contribution < 1.29 is 4.79 Å². The van der Waals surface area contributed by atoms with Gasteiger partial charge in [0.1, 0.15) is 0 Å². The van der Waals surface area contributed by atoms with Gasteiger partial charge in [-0.2, -0.15) is 0 Å². The Bertz CT molecular complexity index is 526. The molecule has 1 aromatic carbocycles. The molecule has 1 aromatic rings. The van der Waals surface area contributed by atoms with E-state index >= 15 is 0 Å². The van der Waals surface area contributed by atoms with Crippen LogP contribution in [0.1, 0.15) is 31.7 Å². The zero-order valence-electron chi connectivity index (χ0n) is 12.7. The first-order valence-electron chi connectivity index (χ1n) is 7.93. The standard InChI is InChI=1S/C17H24N2OS/c1-12-8-13(9-12)11-19-16-4-3-15(21-7-6-18)10-14(16)2-5-17(19)20/h3-4,10,12-13H,2,5-9,11,18H2,1H3. The van der Waals surface area contributed by atoms with Crippen molar-refractivity contribution in [3.63, 3.8) is 0 Å². The van der Waals surface area contributed by atoms with E-state index in [-0.39, 0.29) is 0 Å². The topological polar surface area (TPSA) is 46.3 Å². The molecule has 0 atom stereocenters. The van der Waals surface area contributed by atoms with Gasteiger partial charge in [-0.25, -0.2) is 0 Å². The third-order valence-corrected chi connectivity index (χ3v) is 5.58. The summed E-state index contributed by atoms with van der Waals surface area (Å²) in [6.07, 6.45) is 4.07. The second kappa shape index (κ2) is 6.41. The number of aryl methyl sites for hydroxylation is 1. The van der Waals surface area contributed by atoms with E-state index in [9.17, 15) is 4.79 Å². The van der Waals surface area contributed by atoms with Crippen molar-refractivity contribution in [1.29, 1.82) is 0 Å². The number of nitrogens with two attached hydrogens (primary N) is 1. The van der Waals surface area contributed by atoms with E-state index in [0.717, 1.165) is 30.3 Å². The van der Waals surface area contributed by atoms with Gasteiger partial charge in [-0.15, -0.1) is 11.8 Å². The second-order valence-corrected chi connectivity index (χ2v) is 7.54. The molecule has 0 radical (unpaired) electrons. The first-order valence-corrected chi connectivity index (χ1v) is 8.92. The number of nitrogens with zero attached hydrogens (tertiary/aromatic N) is 1. The van der Waals surface area contributed by atoms with Crippen LogP contribution in [0.25, 0.3) is 0 Å². The molecule has 3 rings (SSSR count). The van der Waals surface area contributed by atoms with E-state index in [1.165, 1.54) is 23.3 Å². The van der Waals surface area contributed by atoms with Crippen molar-refractivity contribution in [2.75, 3.05) is 23.7 Å². The minimum absolute atomic E-state index is 0.296. The van der Waals surface area contributed by atoms with Crippen LogP contribution in [0.4, 0.5) is 5.69 Å². The number of carbonyl (C=O) groups is 1. The maximum Gasteiger partial charge on any atom is 0.227 e. The molecule has 1 aliphatic carbocycles. The monoisotopic (exact) mass is 304 g/mol. The lowest BCUT2D eigenvalue weighted by Gasteiger charge is -2.39. The molecule has 0 unspecified atom stereocenters. The van der Waals surface area contributed by atoms with Crippen LogP contribution >= 0.6 is 11.8 Å². The van der Waals surface area contributed by atoms with Gasteiger partial charge < -0.3 is 10.6 Å². The smallest absolute Gasteiger partial charge is 0.227 e. The van der Waals surface area contributed by atoms with Crippen molar-refractivity contribution in [3.05, 3.63) is 23.8 Å². The Morgan fingerprint density at radius 3 is 2.86 bits per heavy atom. The number of fused-ring (bicyclic) bond motifs is 1. The maximum absolute atomic E-state index is 12.3. The summed E-state index contributed by atoms with van der Waals surface area (Å²) >= 11 is 1.80. The molecule has 2 aliphatic rings. The van der Waals surface area contributed by atoms with Crippen LogP contribution in [0.3, 0.4) is 0 Å². The number of hydrogen-bond donors (Lipinski definition) is 1. The van der Waals surface area contributed by atoms with Crippen LogP contribution < -0.4 is 10.6 Å². The Hall–Kier alpha value is -1.00. The van der Waals surface area contributed by atoms with Crippen LogP contribution in [0.2, 0.25) is 0 Å². The first-order chi connectivity index (χ1) is 10.2. The molecule has 2 N–H and O–H groups in total. The van der Waals surface area contributed by atoms with E-state index < -0.39 is 0 Å². The number of carbonyl (C=O) groups excluding carboxylic acids is 1. The largest absolute Gasteiger partial charge is 0.330 e. The average molecular weight is 304 g/mol. The van der Waals surface area contributed by atoms with Crippen molar-refractivity contribution in [1.82, 2.24) is 0 Å². The highest BCUT2D eigenvalue weighted by Crippen LogP contribution is 2.37. The SMILES string of the molecule is CC1CC(CN2C(=O)CCc3cc(SCCN)ccc32)C1. The number of anilines is 1. The minimum Gasteiger partial charge on any atom is -0.330 e. The summed E-state index contributed by atoms with van der Waals surface area (Å²) in [5.41, 5.74) is 8.03. The Labute approximate surface area is 131 Å². The van der Waals surface area contributed by atoms with Gasteiger partial charge in [0, 0.05) is 35.8 Å². The summed E-state index contributed by atoms with van der Waals surface area (Å²) in [7, 11) is 0. The highest BCUT2D eigenvalue weighted by Gasteiger charge is 2.31. The number of benzene rings is 1. The first kappa shape index (κ1) is 14.9. The fraction of sp³-hybridized carbons (Fsp3) is 0.588. The lowest BCUT2D eigenvalue weighted by molar-refractivity contribution is -0.119. The third kappa shape index (κ3) is 3.27. The molecule has 1 heterocycles. The molecule has 0 bridgehead atoms. The summed E-state index contributed by atoms with van der Waals surface area (Å²) in [4.78, 5) is 15.6. The molecular formula is C17H24N2OS. The molecule has 114 valence electrons. The van der Waals surface area contributed by atoms with Crippen molar-refractivity contribution in [2.45, 2.75) is 37.5 Å². The predicted octanol–water partition coefficient (Wildman–Crippen LogP) is 3.06. The van der Waals surface area contributed by atoms with Crippen molar-refractivity contribution >= 4 is 23.4 Å². The summed E-state index contributed by atoms with van der Waals surface area (Å²) in [5, 5.41) is 0. The molecule has 0 spiro atoms. The van der Waals surface area contributed by atoms with Crippen molar-refractivity contribution in [2.24, 2.45) is 17.6 Å². The second-order valence-electron chi connectivity index (χ2n) is 6.37. The Morgan fingerprint density at radius 1 is 1.33 bits per heavy atom. The van der Waals surface area contributed by atoms with Crippen molar-refractivity contribution in [3.8, 4) is 0 Å². The van der Waals surface area contributed by atoms with Crippen LogP contribution in [0, 0.1) is 11.8 Å². The van der Waals surface area contributed by atoms with Gasteiger partial charge >= 0.3 is 0 Å². The van der Waals surface area contributed by atoms with Gasteiger partial charge in [-0.3, -0.25) is 4.79 Å². The molecule has 1 fully saturated rings. The zero-order valence-corrected chi connectivity index (χ0v) is 13.5. The Morgan fingerprint density at radius 2 is 2.14 bits per heavy atom. The summed E-state index contributed by atoms with van der Waals surface area (Å²) < 4.78 is 0. The highest BCUT2D eigenvalue weighted by atomic mass is 32.2. The van der Waals surface area contributed by atoms with Crippen LogP contribution in [-0.2, 0) is 11.2 Å². The van der Waals surface area contributed by atoms with E-state index in [1.54, 1.807) is 11.8 Å². The molecule has 1 saturated carbocycles. The van der Waals surface area contributed by atoms with E-state index in [1.807, 2.05) is 4.90 Å². The van der Waals surface area contributed by atoms with Gasteiger partial charge in [-0.1, -0.05) is 6.92 Å². The van der Waals surface area contributed by atoms with E-state index in [4.69, 9.17) is 5.73 Å². The van der Waals surface area contributed by atoms with Crippen LogP contribution in [0.15, 0.2) is 23.1 Å². The lowest BCUT2D eigenvalue weighted by atomic mass is 9.75. The van der Waals surface area contributed by atoms with Gasteiger partial charge in [0.2, 0.25) is 5.91 Å². The fourth-order valence-electron chi connectivity index (χ4n) is 3.48. The average Bonchev–Trinajstić information content (AvgIpc) is 2.46. The number of amides is 1. The quantitative estimate of drug-likeness (QED) is 0.850. The summed E-state index contributed by atoms with van der Waals surface area (Å²) in [6.45, 7) is 3.90. The van der Waals surface area contributed by atoms with E-state index in [2.05, 4.69) is 25.1 Å². The molecule has 0 aromatic heterocycles. The number of rotatable bonds is 5. The normalized spacial score (nSPS) is 24.7. The molecule has 1 amide bonds. The van der Waals surface area contributed by atoms with Crippen LogP contribution in [-0.4, -0.2) is 24.7 Å². The maximum atomic E-state index is 12.3. The number of thioether (sulfide) groups is 1. The summed E-state index contributed by atoms with van der Waals surface area (Å²) in [6, 6.07) is 6.51. The molecule has 0 saturated heterocycles. The summed E-state index contributed by atoms with van der Waals surface area (Å²) in [5.74, 6) is 2.77. The molecule has 3 nitrogen and oxygen atoms in total. The molecule has 1 aliphatic heterocycles. The lowest BCUT2D eigenvalue weighted by Crippen LogP contribution is -2.41. The van der Waals surface area contributed by atoms with Gasteiger partial charge in [-0.05, 0) is 54.9 Å². The number of hydrogen-bond acceptors (Lipinski definition) is 3. The Balaban J connectivity index is 1.75. The predicted molar refractivity (Wildman–Crippen MR) is 88.8 cm³/mol. The zero-order chi connectivity index (χ0) is 14.8.